The molecule has 0 N–H and O–H groups in total. The maximum atomic E-state index is 2.31. The first kappa shape index (κ1) is 6.94. The smallest absolute Gasteiger partial charge is 0.0164 e. The Labute approximate surface area is 61.0 Å². The van der Waals surface area contributed by atoms with Gasteiger partial charge in [-0.3, -0.25) is 0 Å². The highest BCUT2D eigenvalue weighted by Gasteiger charge is 1.96. The van der Waals surface area contributed by atoms with Crippen LogP contribution < -0.4 is 0 Å². The van der Waals surface area contributed by atoms with Gasteiger partial charge in [0.15, 0.2) is 0 Å². The van der Waals surface area contributed by atoms with E-state index in [1.807, 2.05) is 11.8 Å². The molecule has 0 aromatic rings. The van der Waals surface area contributed by atoms with Crippen LogP contribution in [0.5, 0.6) is 0 Å². The van der Waals surface area contributed by atoms with Gasteiger partial charge in [0.2, 0.25) is 0 Å². The molecule has 1 rings (SSSR count). The van der Waals surface area contributed by atoms with Crippen molar-refractivity contribution in [3.8, 4) is 0 Å². The molecular weight excluding hydrogens is 128 g/mol. The average Bonchev–Trinajstić information content (AvgIpc) is 2.34. The lowest BCUT2D eigenvalue weighted by molar-refractivity contribution is 0.958. The van der Waals surface area contributed by atoms with Gasteiger partial charge in [-0.1, -0.05) is 31.6 Å². The lowest BCUT2D eigenvalue weighted by atomic mass is 10.3. The first-order chi connectivity index (χ1) is 4.43. The summed E-state index contributed by atoms with van der Waals surface area (Å²) in [4.78, 5) is 1.46. The zero-order chi connectivity index (χ0) is 6.53. The molecule has 0 saturated carbocycles. The summed E-state index contributed by atoms with van der Waals surface area (Å²) >= 11 is 1.93. The van der Waals surface area contributed by atoms with E-state index < -0.39 is 0 Å². The third-order valence-electron chi connectivity index (χ3n) is 1.26. The van der Waals surface area contributed by atoms with Crippen molar-refractivity contribution in [1.29, 1.82) is 0 Å². The minimum absolute atomic E-state index is 1.18. The van der Waals surface area contributed by atoms with Crippen molar-refractivity contribution in [3.05, 3.63) is 23.1 Å². The second-order valence-corrected chi connectivity index (χ2v) is 3.20. The Morgan fingerprint density at radius 3 is 3.22 bits per heavy atom. The second-order valence-electron chi connectivity index (χ2n) is 2.11. The van der Waals surface area contributed by atoms with Crippen molar-refractivity contribution < 1.29 is 0 Å². The van der Waals surface area contributed by atoms with Crippen LogP contribution >= 0.6 is 11.8 Å². The molecule has 0 unspecified atom stereocenters. The Morgan fingerprint density at radius 1 is 1.78 bits per heavy atom. The number of hydrogen-bond acceptors (Lipinski definition) is 1. The SMILES string of the molecule is CCCC=C1C=CCS1. The molecule has 0 amide bonds. The standard InChI is InChI=1S/C8H12S/c1-2-3-5-8-6-4-7-9-8/h4-6H,2-3,7H2,1H3. The van der Waals surface area contributed by atoms with E-state index in [1.54, 1.807) is 0 Å². The van der Waals surface area contributed by atoms with Crippen molar-refractivity contribution in [2.24, 2.45) is 0 Å². The predicted molar refractivity (Wildman–Crippen MR) is 44.6 cm³/mol. The summed E-state index contributed by atoms with van der Waals surface area (Å²) in [6, 6.07) is 0. The number of allylic oxidation sites excluding steroid dienone is 2. The maximum Gasteiger partial charge on any atom is 0.0164 e. The Kier molecular flexibility index (Phi) is 2.92. The highest BCUT2D eigenvalue weighted by molar-refractivity contribution is 8.03. The van der Waals surface area contributed by atoms with Crippen molar-refractivity contribution in [2.75, 3.05) is 5.75 Å². The second kappa shape index (κ2) is 3.78. The number of unbranched alkanes of at least 4 members (excludes halogenated alkanes) is 1. The monoisotopic (exact) mass is 140 g/mol. The van der Waals surface area contributed by atoms with Gasteiger partial charge in [-0.25, -0.2) is 0 Å². The molecule has 0 fully saturated rings. The molecule has 0 aromatic heterocycles. The van der Waals surface area contributed by atoms with Gasteiger partial charge in [0, 0.05) is 10.7 Å². The van der Waals surface area contributed by atoms with Crippen molar-refractivity contribution in [2.45, 2.75) is 19.8 Å². The number of hydrogen-bond donors (Lipinski definition) is 0. The molecule has 0 nitrogen and oxygen atoms in total. The average molecular weight is 140 g/mol. The molecular formula is C8H12S. The van der Waals surface area contributed by atoms with Crippen LogP contribution in [-0.4, -0.2) is 5.75 Å². The fraction of sp³-hybridized carbons (Fsp3) is 0.500. The van der Waals surface area contributed by atoms with Crippen LogP contribution in [0, 0.1) is 0 Å². The Bertz CT molecular complexity index is 134. The summed E-state index contributed by atoms with van der Waals surface area (Å²) in [6.45, 7) is 2.21. The summed E-state index contributed by atoms with van der Waals surface area (Å²) in [6.07, 6.45) is 9.23. The van der Waals surface area contributed by atoms with E-state index in [0.717, 1.165) is 0 Å². The van der Waals surface area contributed by atoms with Crippen molar-refractivity contribution in [3.63, 3.8) is 0 Å². The minimum atomic E-state index is 1.18. The molecule has 50 valence electrons. The molecule has 0 aliphatic carbocycles. The number of thioether (sulfide) groups is 1. The molecule has 0 saturated heterocycles. The third-order valence-corrected chi connectivity index (χ3v) is 2.26. The molecule has 0 bridgehead atoms. The lowest BCUT2D eigenvalue weighted by Crippen LogP contribution is -1.65. The Hall–Kier alpha value is -0.170. The quantitative estimate of drug-likeness (QED) is 0.568. The highest BCUT2D eigenvalue weighted by atomic mass is 32.2. The molecule has 0 aromatic carbocycles. The molecule has 0 radical (unpaired) electrons. The van der Waals surface area contributed by atoms with E-state index in [-0.39, 0.29) is 0 Å². The normalized spacial score (nSPS) is 21.7. The van der Waals surface area contributed by atoms with Gasteiger partial charge in [-0.05, 0) is 6.42 Å². The number of rotatable bonds is 2. The zero-order valence-electron chi connectivity index (χ0n) is 5.76. The van der Waals surface area contributed by atoms with Crippen LogP contribution in [0.2, 0.25) is 0 Å². The minimum Gasteiger partial charge on any atom is -0.122 e. The van der Waals surface area contributed by atoms with E-state index in [2.05, 4.69) is 25.2 Å². The molecule has 1 heterocycles. The lowest BCUT2D eigenvalue weighted by Gasteiger charge is -1.89. The van der Waals surface area contributed by atoms with E-state index >= 15 is 0 Å². The molecule has 1 heteroatoms. The van der Waals surface area contributed by atoms with E-state index in [4.69, 9.17) is 0 Å². The third kappa shape index (κ3) is 2.27. The van der Waals surface area contributed by atoms with Gasteiger partial charge >= 0.3 is 0 Å². The molecule has 0 atom stereocenters. The van der Waals surface area contributed by atoms with Crippen LogP contribution in [0.3, 0.4) is 0 Å². The van der Waals surface area contributed by atoms with Crippen LogP contribution in [0.25, 0.3) is 0 Å². The van der Waals surface area contributed by atoms with Crippen LogP contribution in [0.4, 0.5) is 0 Å². The van der Waals surface area contributed by atoms with Gasteiger partial charge < -0.3 is 0 Å². The summed E-state index contributed by atoms with van der Waals surface area (Å²) in [7, 11) is 0. The predicted octanol–water partition coefficient (Wildman–Crippen LogP) is 2.97. The Balaban J connectivity index is 2.32. The topological polar surface area (TPSA) is 0 Å². The van der Waals surface area contributed by atoms with Crippen molar-refractivity contribution >= 4 is 11.8 Å². The van der Waals surface area contributed by atoms with Crippen LogP contribution in [-0.2, 0) is 0 Å². The highest BCUT2D eigenvalue weighted by Crippen LogP contribution is 2.23. The Morgan fingerprint density at radius 2 is 2.67 bits per heavy atom. The maximum absolute atomic E-state index is 2.31. The van der Waals surface area contributed by atoms with Gasteiger partial charge in [0.1, 0.15) is 0 Å². The van der Waals surface area contributed by atoms with Gasteiger partial charge in [0.25, 0.3) is 0 Å². The van der Waals surface area contributed by atoms with Crippen molar-refractivity contribution in [1.82, 2.24) is 0 Å². The fourth-order valence-corrected chi connectivity index (χ4v) is 1.58. The summed E-state index contributed by atoms with van der Waals surface area (Å²) < 4.78 is 0. The van der Waals surface area contributed by atoms with E-state index in [9.17, 15) is 0 Å². The summed E-state index contributed by atoms with van der Waals surface area (Å²) in [5, 5.41) is 0. The van der Waals surface area contributed by atoms with E-state index in [1.165, 1.54) is 23.5 Å². The molecule has 9 heavy (non-hydrogen) atoms. The molecule has 0 spiro atoms. The van der Waals surface area contributed by atoms with Gasteiger partial charge in [0.05, 0.1) is 0 Å². The fourth-order valence-electron chi connectivity index (χ4n) is 0.770. The van der Waals surface area contributed by atoms with Crippen LogP contribution in [0.1, 0.15) is 19.8 Å². The largest absolute Gasteiger partial charge is 0.122 e. The summed E-state index contributed by atoms with van der Waals surface area (Å²) in [5.74, 6) is 1.18. The first-order valence-corrected chi connectivity index (χ1v) is 4.41. The van der Waals surface area contributed by atoms with Gasteiger partial charge in [-0.15, -0.1) is 11.8 Å². The zero-order valence-corrected chi connectivity index (χ0v) is 6.58. The van der Waals surface area contributed by atoms with E-state index in [0.29, 0.717) is 0 Å². The molecule has 1 aliphatic rings. The first-order valence-electron chi connectivity index (χ1n) is 3.43. The summed E-state index contributed by atoms with van der Waals surface area (Å²) in [5.41, 5.74) is 0. The van der Waals surface area contributed by atoms with Gasteiger partial charge in [-0.2, -0.15) is 0 Å². The van der Waals surface area contributed by atoms with Crippen LogP contribution in [0.15, 0.2) is 23.1 Å². The molecule has 1 aliphatic heterocycles.